The SMILES string of the molecule is OC1(CNc2ncnc3[nH]cc(Br)c23)COC1. The van der Waals surface area contributed by atoms with E-state index in [0.717, 1.165) is 15.5 Å². The largest absolute Gasteiger partial charge is 0.383 e. The van der Waals surface area contributed by atoms with E-state index in [1.165, 1.54) is 6.33 Å². The van der Waals surface area contributed by atoms with E-state index in [4.69, 9.17) is 4.74 Å². The number of nitrogens with one attached hydrogen (secondary N) is 2. The Labute approximate surface area is 106 Å². The number of H-pyrrole nitrogens is 1. The number of halogens is 1. The molecule has 2 aromatic heterocycles. The number of anilines is 1. The van der Waals surface area contributed by atoms with E-state index >= 15 is 0 Å². The first kappa shape index (κ1) is 10.9. The van der Waals surface area contributed by atoms with Crippen LogP contribution in [0.1, 0.15) is 0 Å². The lowest BCUT2D eigenvalue weighted by molar-refractivity contribution is -0.168. The smallest absolute Gasteiger partial charge is 0.144 e. The van der Waals surface area contributed by atoms with Crippen LogP contribution in [0.15, 0.2) is 17.0 Å². The summed E-state index contributed by atoms with van der Waals surface area (Å²) in [7, 11) is 0. The second kappa shape index (κ2) is 3.94. The first-order valence-electron chi connectivity index (χ1n) is 5.20. The summed E-state index contributed by atoms with van der Waals surface area (Å²) in [4.78, 5) is 11.3. The maximum Gasteiger partial charge on any atom is 0.144 e. The minimum absolute atomic E-state index is 0.364. The Morgan fingerprint density at radius 1 is 1.53 bits per heavy atom. The summed E-state index contributed by atoms with van der Waals surface area (Å²) in [6.45, 7) is 1.14. The molecule has 0 aromatic carbocycles. The molecule has 0 amide bonds. The van der Waals surface area contributed by atoms with Gasteiger partial charge >= 0.3 is 0 Å². The number of rotatable bonds is 3. The summed E-state index contributed by atoms with van der Waals surface area (Å²) in [6.07, 6.45) is 3.29. The average Bonchev–Trinajstić information content (AvgIpc) is 2.67. The summed E-state index contributed by atoms with van der Waals surface area (Å²) in [5.41, 5.74) is -0.0220. The van der Waals surface area contributed by atoms with Gasteiger partial charge in [-0.1, -0.05) is 0 Å². The van der Waals surface area contributed by atoms with Crippen molar-refractivity contribution in [3.63, 3.8) is 0 Å². The van der Waals surface area contributed by atoms with Crippen LogP contribution in [0.5, 0.6) is 0 Å². The molecule has 0 spiro atoms. The van der Waals surface area contributed by atoms with Crippen molar-refractivity contribution >= 4 is 32.8 Å². The van der Waals surface area contributed by atoms with Crippen LogP contribution in [0.2, 0.25) is 0 Å². The van der Waals surface area contributed by atoms with Gasteiger partial charge in [-0.25, -0.2) is 9.97 Å². The number of aliphatic hydroxyl groups is 1. The molecule has 0 unspecified atom stereocenters. The highest BCUT2D eigenvalue weighted by atomic mass is 79.9. The zero-order valence-electron chi connectivity index (χ0n) is 8.90. The summed E-state index contributed by atoms with van der Waals surface area (Å²) < 4.78 is 5.88. The van der Waals surface area contributed by atoms with Crippen molar-refractivity contribution in [1.29, 1.82) is 0 Å². The van der Waals surface area contributed by atoms with Gasteiger partial charge in [0.1, 0.15) is 23.4 Å². The maximum absolute atomic E-state index is 9.91. The predicted octanol–water partition coefficient (Wildman–Crippen LogP) is 0.894. The Balaban J connectivity index is 1.87. The van der Waals surface area contributed by atoms with Crippen molar-refractivity contribution < 1.29 is 9.84 Å². The number of aromatic nitrogens is 3. The highest BCUT2D eigenvalue weighted by molar-refractivity contribution is 9.10. The third kappa shape index (κ3) is 1.90. The van der Waals surface area contributed by atoms with Crippen LogP contribution in [0.25, 0.3) is 11.0 Å². The van der Waals surface area contributed by atoms with Crippen LogP contribution >= 0.6 is 15.9 Å². The van der Waals surface area contributed by atoms with Gasteiger partial charge in [0, 0.05) is 17.2 Å². The molecule has 3 heterocycles. The van der Waals surface area contributed by atoms with E-state index in [9.17, 15) is 5.11 Å². The molecule has 0 atom stereocenters. The van der Waals surface area contributed by atoms with Crippen molar-refractivity contribution in [3.05, 3.63) is 17.0 Å². The van der Waals surface area contributed by atoms with Crippen LogP contribution in [-0.2, 0) is 4.74 Å². The van der Waals surface area contributed by atoms with Crippen LogP contribution in [0, 0.1) is 0 Å². The lowest BCUT2D eigenvalue weighted by Gasteiger charge is -2.36. The normalized spacial score (nSPS) is 18.0. The van der Waals surface area contributed by atoms with E-state index in [0.29, 0.717) is 25.6 Å². The molecule has 90 valence electrons. The molecule has 2 aromatic rings. The monoisotopic (exact) mass is 298 g/mol. The van der Waals surface area contributed by atoms with E-state index in [2.05, 4.69) is 36.2 Å². The molecular formula is C10H11BrN4O2. The first-order chi connectivity index (χ1) is 8.18. The fourth-order valence-corrected chi connectivity index (χ4v) is 2.24. The molecule has 3 N–H and O–H groups in total. The molecule has 1 aliphatic heterocycles. The summed E-state index contributed by atoms with van der Waals surface area (Å²) in [5.74, 6) is 0.698. The van der Waals surface area contributed by atoms with Crippen LogP contribution in [-0.4, -0.2) is 45.4 Å². The Bertz CT molecular complexity index is 552. The van der Waals surface area contributed by atoms with E-state index in [1.54, 1.807) is 0 Å². The number of ether oxygens (including phenoxy) is 1. The number of fused-ring (bicyclic) bond motifs is 1. The molecule has 0 saturated carbocycles. The minimum Gasteiger partial charge on any atom is -0.383 e. The minimum atomic E-state index is -0.778. The average molecular weight is 299 g/mol. The van der Waals surface area contributed by atoms with E-state index in [1.807, 2.05) is 6.20 Å². The first-order valence-corrected chi connectivity index (χ1v) is 5.99. The van der Waals surface area contributed by atoms with Crippen molar-refractivity contribution in [2.24, 2.45) is 0 Å². The number of hydrogen-bond acceptors (Lipinski definition) is 5. The Hall–Kier alpha value is -1.18. The molecule has 0 aliphatic carbocycles. The van der Waals surface area contributed by atoms with Gasteiger partial charge in [-0.3, -0.25) is 0 Å². The summed E-state index contributed by atoms with van der Waals surface area (Å²) in [5, 5.41) is 13.9. The lowest BCUT2D eigenvalue weighted by atomic mass is 10.0. The summed E-state index contributed by atoms with van der Waals surface area (Å²) in [6, 6.07) is 0. The van der Waals surface area contributed by atoms with Crippen molar-refractivity contribution in [1.82, 2.24) is 15.0 Å². The summed E-state index contributed by atoms with van der Waals surface area (Å²) >= 11 is 3.43. The van der Waals surface area contributed by atoms with Gasteiger partial charge in [0.15, 0.2) is 0 Å². The standard InChI is InChI=1S/C10H11BrN4O2/c11-6-1-12-8-7(6)9(15-5-14-8)13-2-10(16)3-17-4-10/h1,5,16H,2-4H2,(H2,12,13,14,15). The van der Waals surface area contributed by atoms with Gasteiger partial charge in [-0.15, -0.1) is 0 Å². The number of aromatic amines is 1. The second-order valence-corrected chi connectivity index (χ2v) is 5.01. The van der Waals surface area contributed by atoms with Gasteiger partial charge in [-0.2, -0.15) is 0 Å². The van der Waals surface area contributed by atoms with E-state index < -0.39 is 5.60 Å². The quantitative estimate of drug-likeness (QED) is 0.784. The highest BCUT2D eigenvalue weighted by Gasteiger charge is 2.36. The van der Waals surface area contributed by atoms with Crippen molar-refractivity contribution in [2.45, 2.75) is 5.60 Å². The molecule has 7 heteroatoms. The third-order valence-electron chi connectivity index (χ3n) is 2.75. The van der Waals surface area contributed by atoms with Gasteiger partial charge in [0.25, 0.3) is 0 Å². The Morgan fingerprint density at radius 3 is 3.06 bits per heavy atom. The van der Waals surface area contributed by atoms with Crippen molar-refractivity contribution in [2.75, 3.05) is 25.1 Å². The predicted molar refractivity (Wildman–Crippen MR) is 65.8 cm³/mol. The molecule has 0 bridgehead atoms. The zero-order chi connectivity index (χ0) is 11.9. The second-order valence-electron chi connectivity index (χ2n) is 4.15. The van der Waals surface area contributed by atoms with Gasteiger partial charge in [0.05, 0.1) is 18.6 Å². The van der Waals surface area contributed by atoms with Crippen molar-refractivity contribution in [3.8, 4) is 0 Å². The highest BCUT2D eigenvalue weighted by Crippen LogP contribution is 2.28. The van der Waals surface area contributed by atoms with Gasteiger partial charge in [0.2, 0.25) is 0 Å². The molecular weight excluding hydrogens is 288 g/mol. The fraction of sp³-hybridized carbons (Fsp3) is 0.400. The lowest BCUT2D eigenvalue weighted by Crippen LogP contribution is -2.54. The zero-order valence-corrected chi connectivity index (χ0v) is 10.5. The molecule has 3 rings (SSSR count). The maximum atomic E-state index is 9.91. The molecule has 1 saturated heterocycles. The van der Waals surface area contributed by atoms with E-state index in [-0.39, 0.29) is 0 Å². The van der Waals surface area contributed by atoms with Gasteiger partial charge in [-0.05, 0) is 15.9 Å². The number of hydrogen-bond donors (Lipinski definition) is 3. The Kier molecular flexibility index (Phi) is 2.53. The van der Waals surface area contributed by atoms with Crippen LogP contribution in [0.3, 0.4) is 0 Å². The van der Waals surface area contributed by atoms with Crippen LogP contribution < -0.4 is 5.32 Å². The molecule has 1 aliphatic rings. The van der Waals surface area contributed by atoms with Crippen LogP contribution in [0.4, 0.5) is 5.82 Å². The molecule has 17 heavy (non-hydrogen) atoms. The Morgan fingerprint density at radius 2 is 2.35 bits per heavy atom. The third-order valence-corrected chi connectivity index (χ3v) is 3.37. The fourth-order valence-electron chi connectivity index (χ4n) is 1.75. The van der Waals surface area contributed by atoms with Gasteiger partial charge < -0.3 is 20.1 Å². The topological polar surface area (TPSA) is 83.1 Å². The molecule has 1 fully saturated rings. The molecule has 6 nitrogen and oxygen atoms in total. The molecule has 0 radical (unpaired) electrons. The number of nitrogens with zero attached hydrogens (tertiary/aromatic N) is 2.